The van der Waals surface area contributed by atoms with Crippen molar-refractivity contribution >= 4 is 0 Å². The maximum absolute atomic E-state index is 8.73. The molecular weight excluding hydrogens is 118 g/mol. The Bertz CT molecular complexity index is 87.1. The van der Waals surface area contributed by atoms with Gasteiger partial charge in [-0.25, -0.2) is 0 Å². The molecule has 1 heterocycles. The molecule has 1 aliphatic rings. The fourth-order valence-corrected chi connectivity index (χ4v) is 1.03. The van der Waals surface area contributed by atoms with Crippen LogP contribution >= 0.6 is 0 Å². The van der Waals surface area contributed by atoms with Crippen molar-refractivity contribution in [2.24, 2.45) is 11.7 Å². The van der Waals surface area contributed by atoms with Crippen molar-refractivity contribution in [3.63, 3.8) is 0 Å². The van der Waals surface area contributed by atoms with Gasteiger partial charge in [-0.3, -0.25) is 0 Å². The van der Waals surface area contributed by atoms with E-state index in [1.54, 1.807) is 0 Å². The van der Waals surface area contributed by atoms with E-state index in [1.807, 2.05) is 0 Å². The van der Waals surface area contributed by atoms with E-state index in [4.69, 9.17) is 15.6 Å². The van der Waals surface area contributed by atoms with Gasteiger partial charge in [-0.15, -0.1) is 0 Å². The minimum absolute atomic E-state index is 0.0451. The number of aliphatic hydroxyl groups is 1. The van der Waals surface area contributed by atoms with Crippen LogP contribution in [0.2, 0.25) is 0 Å². The first kappa shape index (κ1) is 6.99. The zero-order valence-electron chi connectivity index (χ0n) is 5.42. The first-order chi connectivity index (χ1) is 4.34. The second-order valence-corrected chi connectivity index (χ2v) is 2.47. The summed E-state index contributed by atoms with van der Waals surface area (Å²) in [4.78, 5) is 0. The summed E-state index contributed by atoms with van der Waals surface area (Å²) in [5.41, 5.74) is 5.60. The van der Waals surface area contributed by atoms with E-state index in [9.17, 15) is 0 Å². The van der Waals surface area contributed by atoms with Crippen LogP contribution in [-0.4, -0.2) is 31.0 Å². The van der Waals surface area contributed by atoms with Gasteiger partial charge < -0.3 is 15.6 Å². The van der Waals surface area contributed by atoms with Crippen molar-refractivity contribution in [1.29, 1.82) is 0 Å². The number of ether oxygens (including phenoxy) is 1. The second kappa shape index (κ2) is 3.15. The number of hydrogen-bond acceptors (Lipinski definition) is 3. The number of hydrogen-bond donors (Lipinski definition) is 2. The summed E-state index contributed by atoms with van der Waals surface area (Å²) in [6.07, 6.45) is 0.900. The molecule has 1 fully saturated rings. The first-order valence-electron chi connectivity index (χ1n) is 3.28. The van der Waals surface area contributed by atoms with Crippen LogP contribution in [0.3, 0.4) is 0 Å². The molecule has 0 aliphatic carbocycles. The van der Waals surface area contributed by atoms with E-state index >= 15 is 0 Å². The maximum Gasteiger partial charge on any atom is 0.0621 e. The van der Waals surface area contributed by atoms with Crippen LogP contribution in [0.15, 0.2) is 0 Å². The molecule has 0 spiro atoms. The molecule has 0 saturated carbocycles. The van der Waals surface area contributed by atoms with Crippen molar-refractivity contribution in [2.45, 2.75) is 12.5 Å². The summed E-state index contributed by atoms with van der Waals surface area (Å²) >= 11 is 0. The Morgan fingerprint density at radius 1 is 1.67 bits per heavy atom. The number of rotatable bonds is 1. The Morgan fingerprint density at radius 2 is 2.44 bits per heavy atom. The third kappa shape index (κ3) is 1.64. The average molecular weight is 131 g/mol. The molecule has 3 heteroatoms. The van der Waals surface area contributed by atoms with E-state index in [0.29, 0.717) is 6.61 Å². The molecule has 2 atom stereocenters. The Labute approximate surface area is 54.8 Å². The highest BCUT2D eigenvalue weighted by Gasteiger charge is 2.20. The fourth-order valence-electron chi connectivity index (χ4n) is 1.03. The molecule has 1 aliphatic heterocycles. The quantitative estimate of drug-likeness (QED) is 0.497. The van der Waals surface area contributed by atoms with Crippen LogP contribution in [0.25, 0.3) is 0 Å². The molecule has 0 aromatic rings. The highest BCUT2D eigenvalue weighted by atomic mass is 16.5. The molecule has 1 saturated heterocycles. The molecule has 0 aromatic carbocycles. The van der Waals surface area contributed by atoms with Crippen LogP contribution in [0.1, 0.15) is 6.42 Å². The van der Waals surface area contributed by atoms with Gasteiger partial charge in [0.15, 0.2) is 0 Å². The lowest BCUT2D eigenvalue weighted by molar-refractivity contribution is 0.0286. The van der Waals surface area contributed by atoms with Crippen LogP contribution in [-0.2, 0) is 4.74 Å². The van der Waals surface area contributed by atoms with Crippen LogP contribution in [0, 0.1) is 5.92 Å². The van der Waals surface area contributed by atoms with Gasteiger partial charge in [0.25, 0.3) is 0 Å². The smallest absolute Gasteiger partial charge is 0.0621 e. The van der Waals surface area contributed by atoms with Crippen molar-refractivity contribution in [2.75, 3.05) is 19.8 Å². The first-order valence-corrected chi connectivity index (χ1v) is 3.28. The third-order valence-corrected chi connectivity index (χ3v) is 1.78. The Balaban J connectivity index is 2.30. The molecule has 3 nitrogen and oxygen atoms in total. The lowest BCUT2D eigenvalue weighted by Gasteiger charge is -2.26. The lowest BCUT2D eigenvalue weighted by Crippen LogP contribution is -2.41. The lowest BCUT2D eigenvalue weighted by atomic mass is 9.97. The molecule has 1 rings (SSSR count). The predicted octanol–water partition coefficient (Wildman–Crippen LogP) is -0.658. The van der Waals surface area contributed by atoms with Crippen LogP contribution in [0.5, 0.6) is 0 Å². The number of nitrogens with two attached hydrogens (primary N) is 1. The molecule has 0 radical (unpaired) electrons. The summed E-state index contributed by atoms with van der Waals surface area (Å²) in [5, 5.41) is 8.73. The van der Waals surface area contributed by atoms with E-state index < -0.39 is 0 Å². The molecule has 54 valence electrons. The Morgan fingerprint density at radius 3 is 2.89 bits per heavy atom. The average Bonchev–Trinajstić information content (AvgIpc) is 1.89. The van der Waals surface area contributed by atoms with Crippen molar-refractivity contribution < 1.29 is 9.84 Å². The van der Waals surface area contributed by atoms with E-state index in [-0.39, 0.29) is 18.6 Å². The van der Waals surface area contributed by atoms with Gasteiger partial charge in [-0.2, -0.15) is 0 Å². The minimum atomic E-state index is 0.0451. The zero-order valence-corrected chi connectivity index (χ0v) is 5.42. The van der Waals surface area contributed by atoms with E-state index in [1.165, 1.54) is 0 Å². The largest absolute Gasteiger partial charge is 0.396 e. The molecule has 0 amide bonds. The summed E-state index contributed by atoms with van der Waals surface area (Å²) in [5.74, 6) is 0.263. The molecule has 9 heavy (non-hydrogen) atoms. The SMILES string of the molecule is N[C@@H]1COCC[C@@H]1CO. The van der Waals surface area contributed by atoms with Gasteiger partial charge in [-0.05, 0) is 6.42 Å². The van der Waals surface area contributed by atoms with E-state index in [0.717, 1.165) is 13.0 Å². The highest BCUT2D eigenvalue weighted by Crippen LogP contribution is 2.11. The summed E-state index contributed by atoms with van der Waals surface area (Å²) < 4.78 is 5.08. The fraction of sp³-hybridized carbons (Fsp3) is 1.00. The molecule has 0 aromatic heterocycles. The third-order valence-electron chi connectivity index (χ3n) is 1.78. The Kier molecular flexibility index (Phi) is 2.45. The predicted molar refractivity (Wildman–Crippen MR) is 34.0 cm³/mol. The summed E-state index contributed by atoms with van der Waals surface area (Å²) in [7, 11) is 0. The van der Waals surface area contributed by atoms with Crippen molar-refractivity contribution in [1.82, 2.24) is 0 Å². The Hall–Kier alpha value is -0.120. The maximum atomic E-state index is 8.73. The van der Waals surface area contributed by atoms with Gasteiger partial charge in [0.05, 0.1) is 6.61 Å². The van der Waals surface area contributed by atoms with Gasteiger partial charge in [0.1, 0.15) is 0 Å². The number of aliphatic hydroxyl groups excluding tert-OH is 1. The van der Waals surface area contributed by atoms with Crippen molar-refractivity contribution in [3.05, 3.63) is 0 Å². The summed E-state index contributed by atoms with van der Waals surface area (Å²) in [6, 6.07) is 0.0451. The molecule has 3 N–H and O–H groups in total. The molecular formula is C6H13NO2. The monoisotopic (exact) mass is 131 g/mol. The van der Waals surface area contributed by atoms with Gasteiger partial charge in [0.2, 0.25) is 0 Å². The van der Waals surface area contributed by atoms with Gasteiger partial charge in [-0.1, -0.05) is 0 Å². The molecule has 0 unspecified atom stereocenters. The topological polar surface area (TPSA) is 55.5 Å². The zero-order chi connectivity index (χ0) is 6.69. The van der Waals surface area contributed by atoms with Gasteiger partial charge in [0, 0.05) is 25.2 Å². The summed E-state index contributed by atoms with van der Waals surface area (Å²) in [6.45, 7) is 1.55. The minimum Gasteiger partial charge on any atom is -0.396 e. The van der Waals surface area contributed by atoms with Crippen molar-refractivity contribution in [3.8, 4) is 0 Å². The van der Waals surface area contributed by atoms with Crippen LogP contribution < -0.4 is 5.73 Å². The molecule has 0 bridgehead atoms. The van der Waals surface area contributed by atoms with Crippen LogP contribution in [0.4, 0.5) is 0 Å². The normalized spacial score (nSPS) is 36.7. The highest BCUT2D eigenvalue weighted by molar-refractivity contribution is 4.74. The van der Waals surface area contributed by atoms with Gasteiger partial charge >= 0.3 is 0 Å². The van der Waals surface area contributed by atoms with E-state index in [2.05, 4.69) is 0 Å². The second-order valence-electron chi connectivity index (χ2n) is 2.47. The standard InChI is InChI=1S/C6H13NO2/c7-6-4-9-2-1-5(6)3-8/h5-6,8H,1-4,7H2/t5-,6-/m1/s1.